The minimum absolute atomic E-state index is 0.641. The van der Waals surface area contributed by atoms with Crippen LogP contribution in [0.5, 0.6) is 0 Å². The van der Waals surface area contributed by atoms with E-state index in [-0.39, 0.29) is 0 Å². The van der Waals surface area contributed by atoms with Crippen molar-refractivity contribution in [1.29, 1.82) is 0 Å². The maximum absolute atomic E-state index is 12.1. The van der Waals surface area contributed by atoms with Crippen LogP contribution in [0, 0.1) is 13.8 Å². The lowest BCUT2D eigenvalue weighted by Crippen LogP contribution is -2.11. The van der Waals surface area contributed by atoms with E-state index in [1.165, 1.54) is 14.2 Å². The molecule has 1 rings (SSSR count). The van der Waals surface area contributed by atoms with Crippen LogP contribution in [-0.4, -0.2) is 14.2 Å². The van der Waals surface area contributed by atoms with Gasteiger partial charge in [-0.1, -0.05) is 17.7 Å². The van der Waals surface area contributed by atoms with Gasteiger partial charge in [-0.2, -0.15) is 0 Å². The molecular weight excluding hydrogens is 199 g/mol. The van der Waals surface area contributed by atoms with Gasteiger partial charge in [-0.25, -0.2) is 0 Å². The molecule has 0 saturated heterocycles. The maximum atomic E-state index is 12.1. The van der Waals surface area contributed by atoms with E-state index < -0.39 is 7.60 Å². The molecule has 78 valence electrons. The largest absolute Gasteiger partial charge is 0.361 e. The van der Waals surface area contributed by atoms with Crippen LogP contribution in [-0.2, 0) is 13.6 Å². The van der Waals surface area contributed by atoms with Gasteiger partial charge in [0.1, 0.15) is 0 Å². The van der Waals surface area contributed by atoms with Crippen LogP contribution in [0.3, 0.4) is 0 Å². The Morgan fingerprint density at radius 1 is 1.14 bits per heavy atom. The SMILES string of the molecule is COP(=O)(OC)c1cc(C)ccc1C. The average Bonchev–Trinajstić information content (AvgIpc) is 2.20. The fourth-order valence-electron chi connectivity index (χ4n) is 1.29. The summed E-state index contributed by atoms with van der Waals surface area (Å²) in [6.45, 7) is 3.83. The van der Waals surface area contributed by atoms with Gasteiger partial charge in [-0.05, 0) is 25.5 Å². The summed E-state index contributed by atoms with van der Waals surface area (Å²) in [5.41, 5.74) is 1.96. The van der Waals surface area contributed by atoms with E-state index in [9.17, 15) is 4.57 Å². The van der Waals surface area contributed by atoms with Gasteiger partial charge >= 0.3 is 7.60 Å². The lowest BCUT2D eigenvalue weighted by Gasteiger charge is -2.16. The first kappa shape index (κ1) is 11.4. The first-order valence-corrected chi connectivity index (χ1v) is 5.87. The molecule has 3 nitrogen and oxygen atoms in total. The molecule has 0 fully saturated rings. The van der Waals surface area contributed by atoms with Crippen molar-refractivity contribution in [3.05, 3.63) is 29.3 Å². The third kappa shape index (κ3) is 2.06. The molecule has 4 heteroatoms. The van der Waals surface area contributed by atoms with Crippen molar-refractivity contribution in [2.24, 2.45) is 0 Å². The van der Waals surface area contributed by atoms with Crippen molar-refractivity contribution < 1.29 is 13.6 Å². The predicted octanol–water partition coefficient (Wildman–Crippen LogP) is 2.41. The number of rotatable bonds is 3. The first-order valence-electron chi connectivity index (χ1n) is 4.33. The molecule has 1 aromatic carbocycles. The fourth-order valence-corrected chi connectivity index (χ4v) is 2.70. The van der Waals surface area contributed by atoms with Gasteiger partial charge in [-0.15, -0.1) is 0 Å². The third-order valence-corrected chi connectivity index (χ3v) is 4.17. The monoisotopic (exact) mass is 214 g/mol. The van der Waals surface area contributed by atoms with Crippen molar-refractivity contribution in [2.75, 3.05) is 14.2 Å². The van der Waals surface area contributed by atoms with Crippen molar-refractivity contribution in [3.8, 4) is 0 Å². The normalized spacial score (nSPS) is 11.7. The molecule has 14 heavy (non-hydrogen) atoms. The Kier molecular flexibility index (Phi) is 3.48. The zero-order valence-electron chi connectivity index (χ0n) is 8.90. The van der Waals surface area contributed by atoms with E-state index in [0.717, 1.165) is 11.1 Å². The zero-order valence-corrected chi connectivity index (χ0v) is 9.80. The van der Waals surface area contributed by atoms with Crippen molar-refractivity contribution in [2.45, 2.75) is 13.8 Å². The number of benzene rings is 1. The lowest BCUT2D eigenvalue weighted by molar-refractivity contribution is 0.287. The second-order valence-corrected chi connectivity index (χ2v) is 5.36. The smallest absolute Gasteiger partial charge is 0.309 e. The van der Waals surface area contributed by atoms with Gasteiger partial charge in [0.25, 0.3) is 0 Å². The zero-order chi connectivity index (χ0) is 10.8. The van der Waals surface area contributed by atoms with Crippen LogP contribution in [0.15, 0.2) is 18.2 Å². The van der Waals surface area contributed by atoms with E-state index >= 15 is 0 Å². The summed E-state index contributed by atoms with van der Waals surface area (Å²) in [7, 11) is -0.308. The van der Waals surface area contributed by atoms with Crippen molar-refractivity contribution in [1.82, 2.24) is 0 Å². The predicted molar refractivity (Wildman–Crippen MR) is 57.2 cm³/mol. The third-order valence-electron chi connectivity index (χ3n) is 2.14. The lowest BCUT2D eigenvalue weighted by atomic mass is 10.2. The molecule has 0 aromatic heterocycles. The standard InChI is InChI=1S/C10H15O3P/c1-8-5-6-9(2)10(7-8)14(11,12-3)13-4/h5-7H,1-4H3. The molecular formula is C10H15O3P. The Balaban J connectivity index is 3.30. The Bertz CT molecular complexity index is 366. The molecule has 0 aliphatic rings. The minimum Gasteiger partial charge on any atom is -0.309 e. The molecule has 0 aliphatic heterocycles. The summed E-state index contributed by atoms with van der Waals surface area (Å²) >= 11 is 0. The molecule has 0 N–H and O–H groups in total. The molecule has 0 spiro atoms. The van der Waals surface area contributed by atoms with E-state index in [0.29, 0.717) is 5.30 Å². The molecule has 0 radical (unpaired) electrons. The van der Waals surface area contributed by atoms with Crippen LogP contribution in [0.25, 0.3) is 0 Å². The molecule has 0 aliphatic carbocycles. The van der Waals surface area contributed by atoms with E-state index in [1.54, 1.807) is 0 Å². The van der Waals surface area contributed by atoms with Crippen LogP contribution < -0.4 is 5.30 Å². The first-order chi connectivity index (χ1) is 6.53. The molecule has 1 aromatic rings. The summed E-state index contributed by atoms with van der Waals surface area (Å²) in [5.74, 6) is 0. The Labute approximate surface area is 84.6 Å². The van der Waals surface area contributed by atoms with E-state index in [4.69, 9.17) is 9.05 Å². The van der Waals surface area contributed by atoms with Crippen LogP contribution in [0.2, 0.25) is 0 Å². The summed E-state index contributed by atoms with van der Waals surface area (Å²) in [6, 6.07) is 5.72. The molecule has 0 heterocycles. The summed E-state index contributed by atoms with van der Waals surface area (Å²) in [6.07, 6.45) is 0. The number of aryl methyl sites for hydroxylation is 2. The second kappa shape index (κ2) is 4.26. The van der Waals surface area contributed by atoms with Crippen molar-refractivity contribution in [3.63, 3.8) is 0 Å². The summed E-state index contributed by atoms with van der Waals surface area (Å²) < 4.78 is 22.0. The van der Waals surface area contributed by atoms with Crippen LogP contribution in [0.1, 0.15) is 11.1 Å². The van der Waals surface area contributed by atoms with Gasteiger partial charge in [0.2, 0.25) is 0 Å². The second-order valence-electron chi connectivity index (χ2n) is 3.15. The highest BCUT2D eigenvalue weighted by molar-refractivity contribution is 7.62. The van der Waals surface area contributed by atoms with Crippen molar-refractivity contribution >= 4 is 12.9 Å². The number of hydrogen-bond donors (Lipinski definition) is 0. The molecule has 0 unspecified atom stereocenters. The Morgan fingerprint density at radius 2 is 1.71 bits per heavy atom. The summed E-state index contributed by atoms with van der Waals surface area (Å²) in [4.78, 5) is 0. The molecule has 0 bridgehead atoms. The Morgan fingerprint density at radius 3 is 2.21 bits per heavy atom. The minimum atomic E-state index is -3.10. The van der Waals surface area contributed by atoms with Crippen LogP contribution >= 0.6 is 7.60 Å². The average molecular weight is 214 g/mol. The highest BCUT2D eigenvalue weighted by Gasteiger charge is 2.26. The van der Waals surface area contributed by atoms with Crippen LogP contribution in [0.4, 0.5) is 0 Å². The quantitative estimate of drug-likeness (QED) is 0.725. The van der Waals surface area contributed by atoms with Gasteiger partial charge < -0.3 is 9.05 Å². The van der Waals surface area contributed by atoms with E-state index in [1.807, 2.05) is 32.0 Å². The highest BCUT2D eigenvalue weighted by atomic mass is 31.2. The fraction of sp³-hybridized carbons (Fsp3) is 0.400. The van der Waals surface area contributed by atoms with Gasteiger partial charge in [0, 0.05) is 14.2 Å². The molecule has 0 saturated carbocycles. The topological polar surface area (TPSA) is 35.5 Å². The van der Waals surface area contributed by atoms with Gasteiger partial charge in [0.15, 0.2) is 0 Å². The highest BCUT2D eigenvalue weighted by Crippen LogP contribution is 2.45. The Hall–Kier alpha value is -0.630. The molecule has 0 atom stereocenters. The maximum Gasteiger partial charge on any atom is 0.361 e. The van der Waals surface area contributed by atoms with Gasteiger partial charge in [0.05, 0.1) is 5.30 Å². The summed E-state index contributed by atoms with van der Waals surface area (Å²) in [5, 5.41) is 0.641. The van der Waals surface area contributed by atoms with E-state index in [2.05, 4.69) is 0 Å². The van der Waals surface area contributed by atoms with Gasteiger partial charge in [-0.3, -0.25) is 4.57 Å². The number of hydrogen-bond acceptors (Lipinski definition) is 3. The molecule has 0 amide bonds.